The van der Waals surface area contributed by atoms with Gasteiger partial charge in [-0.2, -0.15) is 0 Å². The number of benzene rings is 2. The quantitative estimate of drug-likeness (QED) is 0.910. The molecular weight excluding hydrogens is 252 g/mol. The van der Waals surface area contributed by atoms with Gasteiger partial charge in [0, 0.05) is 5.39 Å². The largest absolute Gasteiger partial charge is 0.490 e. The van der Waals surface area contributed by atoms with Gasteiger partial charge in [-0.25, -0.2) is 4.79 Å². The Hall–Kier alpha value is -2.03. The van der Waals surface area contributed by atoms with E-state index in [2.05, 4.69) is 6.07 Å². The number of fused-ring (bicyclic) bond motifs is 1. The van der Waals surface area contributed by atoms with Crippen LogP contribution in [-0.2, 0) is 0 Å². The van der Waals surface area contributed by atoms with Crippen molar-refractivity contribution in [3.8, 4) is 5.75 Å². The molecular formula is C17H18O3. The van der Waals surface area contributed by atoms with Crippen molar-refractivity contribution in [2.75, 3.05) is 0 Å². The maximum atomic E-state index is 11.2. The summed E-state index contributed by atoms with van der Waals surface area (Å²) < 4.78 is 6.07. The summed E-state index contributed by atoms with van der Waals surface area (Å²) in [6.45, 7) is 2.03. The van der Waals surface area contributed by atoms with Gasteiger partial charge in [0.05, 0.1) is 11.7 Å². The van der Waals surface area contributed by atoms with Gasteiger partial charge in [-0.3, -0.25) is 0 Å². The van der Waals surface area contributed by atoms with E-state index >= 15 is 0 Å². The maximum Gasteiger partial charge on any atom is 0.335 e. The summed E-state index contributed by atoms with van der Waals surface area (Å²) in [5.41, 5.74) is 1.44. The zero-order valence-corrected chi connectivity index (χ0v) is 11.6. The molecule has 0 atom stereocenters. The van der Waals surface area contributed by atoms with Gasteiger partial charge in [-0.05, 0) is 56.2 Å². The lowest BCUT2D eigenvalue weighted by Crippen LogP contribution is -2.11. The van der Waals surface area contributed by atoms with E-state index in [1.54, 1.807) is 12.1 Å². The first-order valence-corrected chi connectivity index (χ1v) is 7.08. The molecule has 1 aliphatic rings. The maximum absolute atomic E-state index is 11.2. The number of rotatable bonds is 3. The highest BCUT2D eigenvalue weighted by molar-refractivity contribution is 5.97. The SMILES string of the molecule is Cc1ccc2cc(C(=O)O)cc(OC3CCCC3)c2c1. The molecule has 1 aliphatic carbocycles. The minimum Gasteiger partial charge on any atom is -0.490 e. The molecule has 3 nitrogen and oxygen atoms in total. The number of aromatic carboxylic acids is 1. The molecule has 0 aliphatic heterocycles. The molecule has 0 amide bonds. The second-order valence-electron chi connectivity index (χ2n) is 5.53. The molecule has 3 heteroatoms. The zero-order chi connectivity index (χ0) is 14.1. The number of carbonyl (C=O) groups is 1. The van der Waals surface area contributed by atoms with E-state index in [1.165, 1.54) is 12.8 Å². The number of carboxylic acids is 1. The van der Waals surface area contributed by atoms with E-state index in [0.717, 1.165) is 29.2 Å². The number of hydrogen-bond donors (Lipinski definition) is 1. The van der Waals surface area contributed by atoms with E-state index in [1.807, 2.05) is 19.1 Å². The van der Waals surface area contributed by atoms with Crippen LogP contribution in [0, 0.1) is 6.92 Å². The van der Waals surface area contributed by atoms with Crippen LogP contribution >= 0.6 is 0 Å². The molecule has 1 N–H and O–H groups in total. The molecule has 0 spiro atoms. The van der Waals surface area contributed by atoms with Crippen LogP contribution in [0.25, 0.3) is 10.8 Å². The lowest BCUT2D eigenvalue weighted by molar-refractivity contribution is 0.0696. The zero-order valence-electron chi connectivity index (χ0n) is 11.6. The Balaban J connectivity index is 2.09. The second kappa shape index (κ2) is 5.16. The molecule has 1 fully saturated rings. The van der Waals surface area contributed by atoms with Gasteiger partial charge in [-0.1, -0.05) is 17.7 Å². The van der Waals surface area contributed by atoms with Crippen molar-refractivity contribution in [1.82, 2.24) is 0 Å². The van der Waals surface area contributed by atoms with Crippen LogP contribution < -0.4 is 4.74 Å². The summed E-state index contributed by atoms with van der Waals surface area (Å²) in [6, 6.07) is 9.37. The van der Waals surface area contributed by atoms with Gasteiger partial charge in [0.2, 0.25) is 0 Å². The van der Waals surface area contributed by atoms with E-state index < -0.39 is 5.97 Å². The number of hydrogen-bond acceptors (Lipinski definition) is 2. The fourth-order valence-corrected chi connectivity index (χ4v) is 2.84. The second-order valence-corrected chi connectivity index (χ2v) is 5.53. The molecule has 1 saturated carbocycles. The Kier molecular flexibility index (Phi) is 3.35. The molecule has 0 heterocycles. The summed E-state index contributed by atoms with van der Waals surface area (Å²) in [6.07, 6.45) is 4.73. The van der Waals surface area contributed by atoms with Gasteiger partial charge in [-0.15, -0.1) is 0 Å². The van der Waals surface area contributed by atoms with Crippen molar-refractivity contribution in [3.63, 3.8) is 0 Å². The molecule has 20 heavy (non-hydrogen) atoms. The van der Waals surface area contributed by atoms with E-state index in [0.29, 0.717) is 5.75 Å². The summed E-state index contributed by atoms with van der Waals surface area (Å²) in [4.78, 5) is 11.2. The third kappa shape index (κ3) is 2.48. The first-order valence-electron chi connectivity index (χ1n) is 7.08. The van der Waals surface area contributed by atoms with Crippen molar-refractivity contribution in [2.45, 2.75) is 38.7 Å². The highest BCUT2D eigenvalue weighted by atomic mass is 16.5. The highest BCUT2D eigenvalue weighted by Crippen LogP contribution is 2.32. The minimum atomic E-state index is -0.913. The number of ether oxygens (including phenoxy) is 1. The van der Waals surface area contributed by atoms with E-state index in [-0.39, 0.29) is 11.7 Å². The van der Waals surface area contributed by atoms with Crippen molar-refractivity contribution < 1.29 is 14.6 Å². The predicted octanol–water partition coefficient (Wildman–Crippen LogP) is 4.17. The van der Waals surface area contributed by atoms with Crippen LogP contribution in [0.5, 0.6) is 5.75 Å². The lowest BCUT2D eigenvalue weighted by Gasteiger charge is -2.16. The smallest absolute Gasteiger partial charge is 0.335 e. The molecule has 0 saturated heterocycles. The third-order valence-electron chi connectivity index (χ3n) is 3.91. The Bertz CT molecular complexity index is 655. The minimum absolute atomic E-state index is 0.225. The Morgan fingerprint density at radius 1 is 1.20 bits per heavy atom. The van der Waals surface area contributed by atoms with Crippen molar-refractivity contribution >= 4 is 16.7 Å². The van der Waals surface area contributed by atoms with E-state index in [9.17, 15) is 9.90 Å². The average Bonchev–Trinajstić information content (AvgIpc) is 2.92. The van der Waals surface area contributed by atoms with Crippen LogP contribution in [0.15, 0.2) is 30.3 Å². The first kappa shape index (κ1) is 13.0. The van der Waals surface area contributed by atoms with Crippen molar-refractivity contribution in [3.05, 3.63) is 41.5 Å². The molecule has 104 valence electrons. The molecule has 0 aromatic heterocycles. The summed E-state index contributed by atoms with van der Waals surface area (Å²) in [7, 11) is 0. The average molecular weight is 270 g/mol. The predicted molar refractivity (Wildman–Crippen MR) is 78.5 cm³/mol. The van der Waals surface area contributed by atoms with E-state index in [4.69, 9.17) is 4.74 Å². The molecule has 0 bridgehead atoms. The van der Waals surface area contributed by atoms with Gasteiger partial charge < -0.3 is 9.84 Å². The standard InChI is InChI=1S/C17H18O3/c1-11-6-7-12-9-13(17(18)19)10-16(15(12)8-11)20-14-4-2-3-5-14/h6-10,14H,2-5H2,1H3,(H,18,19). The van der Waals surface area contributed by atoms with Gasteiger partial charge in [0.15, 0.2) is 0 Å². The summed E-state index contributed by atoms with van der Waals surface area (Å²) >= 11 is 0. The third-order valence-corrected chi connectivity index (χ3v) is 3.91. The molecule has 2 aromatic carbocycles. The Labute approximate surface area is 118 Å². The normalized spacial score (nSPS) is 15.7. The number of aryl methyl sites for hydroxylation is 1. The highest BCUT2D eigenvalue weighted by Gasteiger charge is 2.19. The van der Waals surface area contributed by atoms with Crippen LogP contribution in [0.4, 0.5) is 0 Å². The van der Waals surface area contributed by atoms with Gasteiger partial charge >= 0.3 is 5.97 Å². The monoisotopic (exact) mass is 270 g/mol. The van der Waals surface area contributed by atoms with Crippen LogP contribution in [-0.4, -0.2) is 17.2 Å². The van der Waals surface area contributed by atoms with Gasteiger partial charge in [0.25, 0.3) is 0 Å². The summed E-state index contributed by atoms with van der Waals surface area (Å²) in [5.74, 6) is -0.209. The molecule has 0 radical (unpaired) electrons. The van der Waals surface area contributed by atoms with Crippen molar-refractivity contribution in [1.29, 1.82) is 0 Å². The molecule has 0 unspecified atom stereocenters. The number of carboxylic acid groups (broad SMARTS) is 1. The van der Waals surface area contributed by atoms with Crippen LogP contribution in [0.3, 0.4) is 0 Å². The van der Waals surface area contributed by atoms with Gasteiger partial charge in [0.1, 0.15) is 5.75 Å². The molecule has 3 rings (SSSR count). The lowest BCUT2D eigenvalue weighted by atomic mass is 10.0. The molecule has 2 aromatic rings. The Morgan fingerprint density at radius 2 is 1.95 bits per heavy atom. The van der Waals surface area contributed by atoms with Crippen LogP contribution in [0.1, 0.15) is 41.6 Å². The topological polar surface area (TPSA) is 46.5 Å². The van der Waals surface area contributed by atoms with Crippen LogP contribution in [0.2, 0.25) is 0 Å². The fourth-order valence-electron chi connectivity index (χ4n) is 2.84. The Morgan fingerprint density at radius 3 is 2.65 bits per heavy atom. The van der Waals surface area contributed by atoms with Crippen molar-refractivity contribution in [2.24, 2.45) is 0 Å². The summed E-state index contributed by atoms with van der Waals surface area (Å²) in [5, 5.41) is 11.2. The fraction of sp³-hybridized carbons (Fsp3) is 0.353. The first-order chi connectivity index (χ1) is 9.63.